The summed E-state index contributed by atoms with van der Waals surface area (Å²) in [4.78, 5) is 17.3. The summed E-state index contributed by atoms with van der Waals surface area (Å²) in [6.45, 7) is 2.55. The third-order valence-electron chi connectivity index (χ3n) is 5.70. The first-order valence-electron chi connectivity index (χ1n) is 10.6. The second-order valence-electron chi connectivity index (χ2n) is 7.81. The van der Waals surface area contributed by atoms with E-state index < -0.39 is 10.0 Å². The number of hydrogen-bond donors (Lipinski definition) is 1. The molecule has 6 nitrogen and oxygen atoms in total. The van der Waals surface area contributed by atoms with E-state index in [4.69, 9.17) is 23.2 Å². The quantitative estimate of drug-likeness (QED) is 0.409. The second-order valence-corrected chi connectivity index (χ2v) is 11.4. The van der Waals surface area contributed by atoms with Gasteiger partial charge in [-0.1, -0.05) is 36.5 Å². The van der Waals surface area contributed by atoms with E-state index in [-0.39, 0.29) is 16.8 Å². The van der Waals surface area contributed by atoms with Gasteiger partial charge < -0.3 is 0 Å². The molecule has 0 radical (unpaired) electrons. The number of thiazole rings is 1. The predicted molar refractivity (Wildman–Crippen MR) is 134 cm³/mol. The van der Waals surface area contributed by atoms with Crippen LogP contribution in [0.15, 0.2) is 52.7 Å². The summed E-state index contributed by atoms with van der Waals surface area (Å²) in [7, 11) is -3.59. The summed E-state index contributed by atoms with van der Waals surface area (Å²) in [6, 6.07) is 11.2. The first kappa shape index (κ1) is 24.2. The fraction of sp³-hybridized carbons (Fsp3) is 0.304. The van der Waals surface area contributed by atoms with E-state index >= 15 is 0 Å². The number of benzene rings is 2. The molecule has 174 valence electrons. The Kier molecular flexibility index (Phi) is 7.40. The number of amides is 1. The van der Waals surface area contributed by atoms with Crippen LogP contribution in [0.2, 0.25) is 10.0 Å². The minimum atomic E-state index is -3.59. The van der Waals surface area contributed by atoms with Crippen molar-refractivity contribution in [3.05, 3.63) is 63.5 Å². The lowest BCUT2D eigenvalue weighted by Gasteiger charge is -2.34. The van der Waals surface area contributed by atoms with Crippen LogP contribution in [-0.2, 0) is 10.0 Å². The minimum Gasteiger partial charge on any atom is -0.298 e. The van der Waals surface area contributed by atoms with Crippen LogP contribution in [0, 0.1) is 0 Å². The van der Waals surface area contributed by atoms with E-state index in [1.807, 2.05) is 6.92 Å². The van der Waals surface area contributed by atoms with Crippen LogP contribution in [0.25, 0.3) is 11.3 Å². The lowest BCUT2D eigenvalue weighted by atomic mass is 10.0. The molecular formula is C23H23Cl2N3O3S2. The van der Waals surface area contributed by atoms with Gasteiger partial charge in [-0.25, -0.2) is 13.4 Å². The third kappa shape index (κ3) is 5.25. The first-order chi connectivity index (χ1) is 15.8. The highest BCUT2D eigenvalue weighted by Crippen LogP contribution is 2.32. The minimum absolute atomic E-state index is 0.0277. The summed E-state index contributed by atoms with van der Waals surface area (Å²) in [6.07, 6.45) is 3.59. The molecule has 0 aliphatic carbocycles. The van der Waals surface area contributed by atoms with Crippen molar-refractivity contribution in [3.8, 4) is 11.3 Å². The Hall–Kier alpha value is -1.97. The van der Waals surface area contributed by atoms with Crippen LogP contribution in [0.5, 0.6) is 0 Å². The Morgan fingerprint density at radius 1 is 1.18 bits per heavy atom. The SMILES string of the molecule is CCC1CCCCN1S(=O)(=O)c1ccc(C(=O)Nc2nc(-c3ccc(Cl)cc3Cl)cs2)cc1. The molecular weight excluding hydrogens is 501 g/mol. The average molecular weight is 524 g/mol. The zero-order chi connectivity index (χ0) is 23.6. The Balaban J connectivity index is 1.47. The second kappa shape index (κ2) is 10.1. The highest BCUT2D eigenvalue weighted by molar-refractivity contribution is 7.89. The number of aromatic nitrogens is 1. The van der Waals surface area contributed by atoms with Gasteiger partial charge in [0.05, 0.1) is 15.6 Å². The van der Waals surface area contributed by atoms with Crippen LogP contribution in [0.4, 0.5) is 5.13 Å². The number of nitrogens with zero attached hydrogens (tertiary/aromatic N) is 2. The molecule has 1 aliphatic heterocycles. The van der Waals surface area contributed by atoms with Crippen molar-refractivity contribution in [2.45, 2.75) is 43.5 Å². The van der Waals surface area contributed by atoms with Crippen LogP contribution >= 0.6 is 34.5 Å². The summed E-state index contributed by atoms with van der Waals surface area (Å²) in [5, 5.41) is 5.97. The molecule has 2 heterocycles. The number of halogens is 2. The van der Waals surface area contributed by atoms with Crippen LogP contribution in [-0.4, -0.2) is 36.2 Å². The number of sulfonamides is 1. The lowest BCUT2D eigenvalue weighted by molar-refractivity contribution is 0.102. The van der Waals surface area contributed by atoms with Crippen LogP contribution < -0.4 is 5.32 Å². The summed E-state index contributed by atoms with van der Waals surface area (Å²) in [5.41, 5.74) is 1.70. The maximum atomic E-state index is 13.1. The molecule has 33 heavy (non-hydrogen) atoms. The third-order valence-corrected chi connectivity index (χ3v) is 8.97. The van der Waals surface area contributed by atoms with Crippen molar-refractivity contribution in [1.82, 2.24) is 9.29 Å². The van der Waals surface area contributed by atoms with Gasteiger partial charge in [-0.3, -0.25) is 10.1 Å². The number of piperidine rings is 1. The van der Waals surface area contributed by atoms with Crippen molar-refractivity contribution in [3.63, 3.8) is 0 Å². The largest absolute Gasteiger partial charge is 0.298 e. The average Bonchev–Trinajstić information content (AvgIpc) is 3.27. The molecule has 0 spiro atoms. The number of carbonyl (C=O) groups is 1. The first-order valence-corrected chi connectivity index (χ1v) is 13.7. The predicted octanol–water partition coefficient (Wildman–Crippen LogP) is 6.32. The fourth-order valence-electron chi connectivity index (χ4n) is 3.93. The van der Waals surface area contributed by atoms with E-state index in [1.165, 1.54) is 35.6 Å². The molecule has 3 aromatic rings. The molecule has 1 amide bonds. The number of carbonyl (C=O) groups excluding carboxylic acids is 1. The molecule has 1 atom stereocenters. The van der Waals surface area contributed by atoms with E-state index in [2.05, 4.69) is 10.3 Å². The summed E-state index contributed by atoms with van der Waals surface area (Å²) >= 11 is 13.5. The Labute approximate surface area is 207 Å². The molecule has 1 aromatic heterocycles. The molecule has 1 saturated heterocycles. The van der Waals surface area contributed by atoms with Gasteiger partial charge >= 0.3 is 0 Å². The van der Waals surface area contributed by atoms with Crippen LogP contribution in [0.1, 0.15) is 43.0 Å². The monoisotopic (exact) mass is 523 g/mol. The van der Waals surface area contributed by atoms with Gasteiger partial charge in [0.15, 0.2) is 5.13 Å². The van der Waals surface area contributed by atoms with Gasteiger partial charge in [0.2, 0.25) is 10.0 Å². The van der Waals surface area contributed by atoms with Crippen LogP contribution in [0.3, 0.4) is 0 Å². The highest BCUT2D eigenvalue weighted by Gasteiger charge is 2.32. The molecule has 1 N–H and O–H groups in total. The van der Waals surface area contributed by atoms with Gasteiger partial charge in [0.1, 0.15) is 0 Å². The van der Waals surface area contributed by atoms with Gasteiger partial charge in [0, 0.05) is 34.1 Å². The van der Waals surface area contributed by atoms with E-state index in [0.29, 0.717) is 33.0 Å². The molecule has 1 fully saturated rings. The van der Waals surface area contributed by atoms with Gasteiger partial charge in [0.25, 0.3) is 5.91 Å². The Morgan fingerprint density at radius 3 is 2.64 bits per heavy atom. The summed E-state index contributed by atoms with van der Waals surface area (Å²) < 4.78 is 27.8. The number of nitrogens with one attached hydrogen (secondary N) is 1. The Bertz CT molecular complexity index is 1260. The topological polar surface area (TPSA) is 79.4 Å². The highest BCUT2D eigenvalue weighted by atomic mass is 35.5. The summed E-state index contributed by atoms with van der Waals surface area (Å²) in [5.74, 6) is -0.369. The lowest BCUT2D eigenvalue weighted by Crippen LogP contribution is -2.43. The Morgan fingerprint density at radius 2 is 1.94 bits per heavy atom. The molecule has 10 heteroatoms. The zero-order valence-electron chi connectivity index (χ0n) is 17.9. The van der Waals surface area contributed by atoms with Crippen molar-refractivity contribution in [2.75, 3.05) is 11.9 Å². The maximum Gasteiger partial charge on any atom is 0.257 e. The van der Waals surface area contributed by atoms with Crippen molar-refractivity contribution >= 4 is 55.6 Å². The number of rotatable bonds is 6. The number of anilines is 1. The van der Waals surface area contributed by atoms with Crippen molar-refractivity contribution < 1.29 is 13.2 Å². The molecule has 1 aliphatic rings. The van der Waals surface area contributed by atoms with Crippen molar-refractivity contribution in [1.29, 1.82) is 0 Å². The van der Waals surface area contributed by atoms with Gasteiger partial charge in [-0.05, 0) is 61.7 Å². The molecule has 0 bridgehead atoms. The molecule has 2 aromatic carbocycles. The van der Waals surface area contributed by atoms with Gasteiger partial charge in [-0.15, -0.1) is 11.3 Å². The standard InChI is InChI=1S/C23H23Cl2N3O3S2/c1-2-17-5-3-4-12-28(17)33(30,31)18-9-6-15(7-10-18)22(29)27-23-26-21(14-32-23)19-11-8-16(24)13-20(19)25/h6-11,13-14,17H,2-5,12H2,1H3,(H,26,27,29). The fourth-order valence-corrected chi connectivity index (χ4v) is 6.91. The normalized spacial score (nSPS) is 17.1. The molecule has 1 unspecified atom stereocenters. The van der Waals surface area contributed by atoms with E-state index in [9.17, 15) is 13.2 Å². The van der Waals surface area contributed by atoms with Gasteiger partial charge in [-0.2, -0.15) is 4.31 Å². The molecule has 4 rings (SSSR count). The van der Waals surface area contributed by atoms with E-state index in [0.717, 1.165) is 31.2 Å². The maximum absolute atomic E-state index is 13.1. The molecule has 0 saturated carbocycles. The number of hydrogen-bond acceptors (Lipinski definition) is 5. The van der Waals surface area contributed by atoms with Crippen molar-refractivity contribution in [2.24, 2.45) is 0 Å². The zero-order valence-corrected chi connectivity index (χ0v) is 21.1. The smallest absolute Gasteiger partial charge is 0.257 e. The van der Waals surface area contributed by atoms with E-state index in [1.54, 1.807) is 27.9 Å².